The van der Waals surface area contributed by atoms with Gasteiger partial charge >= 0.3 is 0 Å². The molecule has 1 aromatic carbocycles. The fourth-order valence-corrected chi connectivity index (χ4v) is 3.19. The third kappa shape index (κ3) is 2.19. The van der Waals surface area contributed by atoms with Gasteiger partial charge in [-0.05, 0) is 31.5 Å². The fourth-order valence-electron chi connectivity index (χ4n) is 2.68. The molecule has 0 unspecified atom stereocenters. The summed E-state index contributed by atoms with van der Waals surface area (Å²) < 4.78 is 8.49. The van der Waals surface area contributed by atoms with Gasteiger partial charge in [-0.3, -0.25) is 9.69 Å². The first-order chi connectivity index (χ1) is 9.48. The molecule has 0 aliphatic carbocycles. The molecular formula is C14H18N4OS. The molecule has 1 aliphatic rings. The molecule has 1 fully saturated rings. The molecule has 1 saturated heterocycles. The molecule has 0 saturated carbocycles. The number of carbonyl (C=O) groups excluding carboxylic acids is 1. The van der Waals surface area contributed by atoms with Gasteiger partial charge in [-0.25, -0.2) is 0 Å². The van der Waals surface area contributed by atoms with Crippen LogP contribution in [-0.2, 0) is 11.3 Å². The maximum absolute atomic E-state index is 12.3. The van der Waals surface area contributed by atoms with Crippen LogP contribution >= 0.6 is 11.7 Å². The van der Waals surface area contributed by atoms with Gasteiger partial charge < -0.3 is 4.90 Å². The largest absolute Gasteiger partial charge is 0.343 e. The second-order valence-corrected chi connectivity index (χ2v) is 6.32. The molecule has 1 aromatic heterocycles. The van der Waals surface area contributed by atoms with Crippen LogP contribution in [0.1, 0.15) is 19.4 Å². The predicted molar refractivity (Wildman–Crippen MR) is 79.5 cm³/mol. The number of benzene rings is 1. The van der Waals surface area contributed by atoms with Crippen LogP contribution in [0.15, 0.2) is 18.2 Å². The number of amides is 1. The second kappa shape index (κ2) is 4.79. The van der Waals surface area contributed by atoms with Crippen molar-refractivity contribution in [3.05, 3.63) is 23.8 Å². The maximum Gasteiger partial charge on any atom is 0.242 e. The normalized spacial score (nSPS) is 19.8. The highest BCUT2D eigenvalue weighted by Gasteiger charge is 2.40. The van der Waals surface area contributed by atoms with E-state index >= 15 is 0 Å². The lowest BCUT2D eigenvalue weighted by Crippen LogP contribution is -2.61. The molecule has 0 radical (unpaired) electrons. The Morgan fingerprint density at radius 3 is 2.80 bits per heavy atom. The molecule has 106 valence electrons. The van der Waals surface area contributed by atoms with E-state index in [1.54, 1.807) is 0 Å². The lowest BCUT2D eigenvalue weighted by molar-refractivity contribution is -0.147. The predicted octanol–water partition coefficient (Wildman–Crippen LogP) is 1.74. The molecule has 6 heteroatoms. The summed E-state index contributed by atoms with van der Waals surface area (Å²) in [5, 5.41) is 0. The summed E-state index contributed by atoms with van der Waals surface area (Å²) in [6.07, 6.45) is 0. The monoisotopic (exact) mass is 290 g/mol. The standard InChI is InChI=1S/C14H18N4OS/c1-14(2)13(19)17(3)6-7-18(14)9-10-4-5-11-12(8-10)16-20-15-11/h4-5,8H,6-7,9H2,1-3H3. The summed E-state index contributed by atoms with van der Waals surface area (Å²) in [5.74, 6) is 0.181. The van der Waals surface area contributed by atoms with Crippen molar-refractivity contribution >= 4 is 28.7 Å². The van der Waals surface area contributed by atoms with Crippen LogP contribution in [0.4, 0.5) is 0 Å². The average Bonchev–Trinajstić information content (AvgIpc) is 2.87. The third-order valence-corrected chi connectivity index (χ3v) is 4.61. The summed E-state index contributed by atoms with van der Waals surface area (Å²) in [4.78, 5) is 16.3. The minimum absolute atomic E-state index is 0.181. The first-order valence-corrected chi connectivity index (χ1v) is 7.43. The van der Waals surface area contributed by atoms with Gasteiger partial charge in [0.15, 0.2) is 0 Å². The molecule has 2 aromatic rings. The molecule has 1 aliphatic heterocycles. The van der Waals surface area contributed by atoms with Crippen molar-refractivity contribution in [3.8, 4) is 0 Å². The number of fused-ring (bicyclic) bond motifs is 1. The lowest BCUT2D eigenvalue weighted by atomic mass is 9.97. The summed E-state index contributed by atoms with van der Waals surface area (Å²) in [7, 11) is 1.87. The van der Waals surface area contributed by atoms with Gasteiger partial charge in [-0.1, -0.05) is 6.07 Å². The molecule has 1 amide bonds. The molecule has 0 spiro atoms. The number of rotatable bonds is 2. The van der Waals surface area contributed by atoms with E-state index in [1.807, 2.05) is 31.9 Å². The highest BCUT2D eigenvalue weighted by molar-refractivity contribution is 7.00. The Morgan fingerprint density at radius 2 is 2.00 bits per heavy atom. The van der Waals surface area contributed by atoms with E-state index < -0.39 is 5.54 Å². The Labute approximate surface area is 122 Å². The van der Waals surface area contributed by atoms with Crippen LogP contribution in [-0.4, -0.2) is 50.1 Å². The van der Waals surface area contributed by atoms with Gasteiger partial charge in [-0.2, -0.15) is 8.75 Å². The van der Waals surface area contributed by atoms with E-state index in [0.717, 1.165) is 30.7 Å². The average molecular weight is 290 g/mol. The zero-order chi connectivity index (χ0) is 14.3. The van der Waals surface area contributed by atoms with E-state index in [2.05, 4.69) is 25.8 Å². The second-order valence-electron chi connectivity index (χ2n) is 5.79. The molecule has 3 rings (SSSR count). The van der Waals surface area contributed by atoms with Crippen molar-refractivity contribution in [1.82, 2.24) is 18.5 Å². The van der Waals surface area contributed by atoms with Crippen molar-refractivity contribution in [1.29, 1.82) is 0 Å². The van der Waals surface area contributed by atoms with Gasteiger partial charge in [0.1, 0.15) is 11.0 Å². The van der Waals surface area contributed by atoms with Crippen LogP contribution in [0, 0.1) is 0 Å². The van der Waals surface area contributed by atoms with Crippen LogP contribution in [0.2, 0.25) is 0 Å². The zero-order valence-electron chi connectivity index (χ0n) is 12.0. The number of nitrogens with zero attached hydrogens (tertiary/aromatic N) is 4. The Bertz CT molecular complexity index is 651. The molecule has 20 heavy (non-hydrogen) atoms. The number of aromatic nitrogens is 2. The Balaban J connectivity index is 1.84. The fraction of sp³-hybridized carbons (Fsp3) is 0.500. The highest BCUT2D eigenvalue weighted by atomic mass is 32.1. The van der Waals surface area contributed by atoms with Crippen LogP contribution in [0.5, 0.6) is 0 Å². The zero-order valence-corrected chi connectivity index (χ0v) is 12.8. The summed E-state index contributed by atoms with van der Waals surface area (Å²) in [6, 6.07) is 6.14. The van der Waals surface area contributed by atoms with Gasteiger partial charge in [0.25, 0.3) is 0 Å². The topological polar surface area (TPSA) is 49.3 Å². The van der Waals surface area contributed by atoms with E-state index in [0.29, 0.717) is 0 Å². The van der Waals surface area contributed by atoms with Crippen LogP contribution in [0.25, 0.3) is 11.0 Å². The highest BCUT2D eigenvalue weighted by Crippen LogP contribution is 2.24. The Morgan fingerprint density at radius 1 is 1.25 bits per heavy atom. The summed E-state index contributed by atoms with van der Waals surface area (Å²) >= 11 is 1.23. The van der Waals surface area contributed by atoms with Gasteiger partial charge in [0, 0.05) is 26.7 Å². The Hall–Kier alpha value is -1.53. The number of hydrogen-bond acceptors (Lipinski definition) is 5. The first kappa shape index (κ1) is 13.5. The summed E-state index contributed by atoms with van der Waals surface area (Å²) in [6.45, 7) is 6.42. The van der Waals surface area contributed by atoms with Crippen molar-refractivity contribution in [2.24, 2.45) is 0 Å². The SMILES string of the molecule is CN1CCN(Cc2ccc3nsnc3c2)C(C)(C)C1=O. The lowest BCUT2D eigenvalue weighted by Gasteiger charge is -2.44. The number of carbonyl (C=O) groups is 1. The molecule has 5 nitrogen and oxygen atoms in total. The van der Waals surface area contributed by atoms with Crippen molar-refractivity contribution < 1.29 is 4.79 Å². The molecule has 2 heterocycles. The minimum Gasteiger partial charge on any atom is -0.343 e. The van der Waals surface area contributed by atoms with Gasteiger partial charge in [0.05, 0.1) is 17.3 Å². The molecular weight excluding hydrogens is 272 g/mol. The van der Waals surface area contributed by atoms with Crippen molar-refractivity contribution in [2.75, 3.05) is 20.1 Å². The third-order valence-electron chi connectivity index (χ3n) is 4.06. The molecule has 0 atom stereocenters. The minimum atomic E-state index is -0.456. The van der Waals surface area contributed by atoms with Crippen LogP contribution < -0.4 is 0 Å². The number of likely N-dealkylation sites (N-methyl/N-ethyl adjacent to an activating group) is 1. The van der Waals surface area contributed by atoms with Gasteiger partial charge in [-0.15, -0.1) is 0 Å². The Kier molecular flexibility index (Phi) is 3.22. The van der Waals surface area contributed by atoms with Gasteiger partial charge in [0.2, 0.25) is 5.91 Å². The van der Waals surface area contributed by atoms with E-state index in [1.165, 1.54) is 17.3 Å². The van der Waals surface area contributed by atoms with Crippen LogP contribution in [0.3, 0.4) is 0 Å². The quantitative estimate of drug-likeness (QED) is 0.845. The van der Waals surface area contributed by atoms with E-state index in [-0.39, 0.29) is 5.91 Å². The number of piperazine rings is 1. The van der Waals surface area contributed by atoms with Crippen molar-refractivity contribution in [3.63, 3.8) is 0 Å². The summed E-state index contributed by atoms with van der Waals surface area (Å²) in [5.41, 5.74) is 2.59. The maximum atomic E-state index is 12.3. The first-order valence-electron chi connectivity index (χ1n) is 6.70. The van der Waals surface area contributed by atoms with Crippen molar-refractivity contribution in [2.45, 2.75) is 25.9 Å². The van der Waals surface area contributed by atoms with E-state index in [9.17, 15) is 4.79 Å². The number of hydrogen-bond donors (Lipinski definition) is 0. The molecule has 0 bridgehead atoms. The molecule has 0 N–H and O–H groups in total. The smallest absolute Gasteiger partial charge is 0.242 e. The van der Waals surface area contributed by atoms with E-state index in [4.69, 9.17) is 0 Å².